The van der Waals surface area contributed by atoms with Crippen LogP contribution in [0.15, 0.2) is 20.4 Å². The Bertz CT molecular complexity index is 444. The van der Waals surface area contributed by atoms with Crippen LogP contribution < -0.4 is 0 Å². The number of hydrogen-bond donors (Lipinski definition) is 1. The van der Waals surface area contributed by atoms with Gasteiger partial charge in [0.15, 0.2) is 5.82 Å². The predicted molar refractivity (Wildman–Crippen MR) is 52.7 cm³/mol. The predicted octanol–water partition coefficient (Wildman–Crippen LogP) is 3.22. The summed E-state index contributed by atoms with van der Waals surface area (Å²) in [4.78, 5) is 5.21. The Morgan fingerprint density at radius 2 is 2.50 bits per heavy atom. The highest BCUT2D eigenvalue weighted by Crippen LogP contribution is 2.27. The molecule has 12 heavy (non-hydrogen) atoms. The number of aromatic nitrogens is 2. The second-order valence-corrected chi connectivity index (χ2v) is 4.24. The fraction of sp³-hybridized carbons (Fsp3) is 0. The molecule has 2 heterocycles. The quantitative estimate of drug-likeness (QED) is 0.803. The zero-order valence-corrected chi connectivity index (χ0v) is 8.92. The van der Waals surface area contributed by atoms with Crippen molar-refractivity contribution in [3.63, 3.8) is 0 Å². The maximum absolute atomic E-state index is 4.80. The zero-order chi connectivity index (χ0) is 8.55. The van der Waals surface area contributed by atoms with Crippen molar-refractivity contribution in [2.45, 2.75) is 0 Å². The van der Waals surface area contributed by atoms with E-state index in [0.717, 1.165) is 9.35 Å². The van der Waals surface area contributed by atoms with E-state index in [2.05, 4.69) is 26.1 Å². The highest BCUT2D eigenvalue weighted by molar-refractivity contribution is 9.10. The first kappa shape index (κ1) is 8.15. The largest absolute Gasteiger partial charge is 0.348 e. The zero-order valence-electron chi connectivity index (χ0n) is 5.70. The van der Waals surface area contributed by atoms with Gasteiger partial charge in [-0.3, -0.25) is 0 Å². The summed E-state index contributed by atoms with van der Waals surface area (Å²) < 4.78 is 5.83. The molecule has 6 heteroatoms. The molecule has 2 aromatic heterocycles. The highest BCUT2D eigenvalue weighted by atomic mass is 79.9. The first-order valence-electron chi connectivity index (χ1n) is 3.05. The lowest BCUT2D eigenvalue weighted by atomic mass is 10.4. The first-order valence-corrected chi connectivity index (χ1v) is 5.14. The lowest BCUT2D eigenvalue weighted by molar-refractivity contribution is 0.406. The van der Waals surface area contributed by atoms with Gasteiger partial charge < -0.3 is 4.52 Å². The highest BCUT2D eigenvalue weighted by Gasteiger charge is 2.04. The van der Waals surface area contributed by atoms with Gasteiger partial charge in [-0.15, -0.1) is 11.3 Å². The first-order chi connectivity index (χ1) is 5.75. The average Bonchev–Trinajstić information content (AvgIpc) is 2.58. The molecular weight excluding hydrogens is 260 g/mol. The Kier molecular flexibility index (Phi) is 2.12. The van der Waals surface area contributed by atoms with Crippen LogP contribution in [0.4, 0.5) is 0 Å². The number of hydrogen-bond acceptors (Lipinski definition) is 4. The topological polar surface area (TPSA) is 41.8 Å². The van der Waals surface area contributed by atoms with Crippen molar-refractivity contribution >= 4 is 39.5 Å². The van der Waals surface area contributed by atoms with Crippen LogP contribution in [0.5, 0.6) is 0 Å². The minimum absolute atomic E-state index is 0.231. The Morgan fingerprint density at radius 1 is 1.67 bits per heavy atom. The lowest BCUT2D eigenvalue weighted by Crippen LogP contribution is -1.72. The van der Waals surface area contributed by atoms with Crippen LogP contribution in [-0.2, 0) is 0 Å². The monoisotopic (exact) mass is 262 g/mol. The number of thiophene rings is 1. The van der Waals surface area contributed by atoms with Crippen molar-refractivity contribution in [3.05, 3.63) is 20.8 Å². The van der Waals surface area contributed by atoms with E-state index in [0.29, 0.717) is 5.82 Å². The van der Waals surface area contributed by atoms with Gasteiger partial charge in [-0.1, -0.05) is 0 Å². The van der Waals surface area contributed by atoms with Gasteiger partial charge in [0.1, 0.15) is 0 Å². The molecule has 0 atom stereocenters. The van der Waals surface area contributed by atoms with E-state index < -0.39 is 0 Å². The van der Waals surface area contributed by atoms with Crippen molar-refractivity contribution < 1.29 is 4.52 Å². The van der Waals surface area contributed by atoms with E-state index >= 15 is 0 Å². The number of nitrogens with one attached hydrogen (secondary N) is 1. The van der Waals surface area contributed by atoms with Crippen LogP contribution in [0.3, 0.4) is 0 Å². The van der Waals surface area contributed by atoms with Gasteiger partial charge in [0.2, 0.25) is 0 Å². The number of H-pyrrole nitrogens is 1. The van der Waals surface area contributed by atoms with Gasteiger partial charge in [0, 0.05) is 9.85 Å². The Morgan fingerprint density at radius 3 is 3.00 bits per heavy atom. The Balaban J connectivity index is 2.50. The molecular formula is C6H3BrN2OS2. The number of nitrogens with zero attached hydrogens (tertiary/aromatic N) is 1. The standard InChI is InChI=1S/C6H3BrN2OS2/c7-3-1-4(12-2-3)5-8-6(11)10-9-5/h1-2H,(H,8,9,11). The van der Waals surface area contributed by atoms with Crippen molar-refractivity contribution in [2.75, 3.05) is 0 Å². The van der Waals surface area contributed by atoms with Gasteiger partial charge >= 0.3 is 4.84 Å². The molecule has 0 saturated heterocycles. The molecule has 0 unspecified atom stereocenters. The number of halogens is 1. The molecule has 0 aliphatic rings. The van der Waals surface area contributed by atoms with Crippen LogP contribution >= 0.6 is 39.5 Å². The maximum Gasteiger partial charge on any atom is 0.314 e. The van der Waals surface area contributed by atoms with E-state index in [4.69, 9.17) is 16.7 Å². The fourth-order valence-corrected chi connectivity index (χ4v) is 2.27. The summed E-state index contributed by atoms with van der Waals surface area (Å²) in [6.07, 6.45) is 0. The summed E-state index contributed by atoms with van der Waals surface area (Å²) in [5.41, 5.74) is 0. The molecule has 3 nitrogen and oxygen atoms in total. The molecule has 0 aliphatic carbocycles. The lowest BCUT2D eigenvalue weighted by Gasteiger charge is -1.82. The van der Waals surface area contributed by atoms with E-state index in [1.54, 1.807) is 11.3 Å². The van der Waals surface area contributed by atoms with Crippen LogP contribution in [0.1, 0.15) is 0 Å². The molecule has 2 rings (SSSR count). The second kappa shape index (κ2) is 3.12. The fourth-order valence-electron chi connectivity index (χ4n) is 0.772. The molecule has 1 N–H and O–H groups in total. The summed E-state index contributed by atoms with van der Waals surface area (Å²) in [6.45, 7) is 0. The molecule has 0 aromatic carbocycles. The van der Waals surface area contributed by atoms with Crippen molar-refractivity contribution in [2.24, 2.45) is 0 Å². The van der Waals surface area contributed by atoms with Crippen LogP contribution in [0.2, 0.25) is 0 Å². The second-order valence-electron chi connectivity index (χ2n) is 2.06. The number of rotatable bonds is 1. The molecule has 2 aromatic rings. The smallest absolute Gasteiger partial charge is 0.314 e. The minimum Gasteiger partial charge on any atom is -0.348 e. The van der Waals surface area contributed by atoms with Crippen molar-refractivity contribution in [1.29, 1.82) is 0 Å². The van der Waals surface area contributed by atoms with Gasteiger partial charge in [-0.2, -0.15) is 10.1 Å². The minimum atomic E-state index is 0.231. The van der Waals surface area contributed by atoms with Crippen molar-refractivity contribution in [1.82, 2.24) is 10.1 Å². The van der Waals surface area contributed by atoms with Gasteiger partial charge in [0.25, 0.3) is 0 Å². The van der Waals surface area contributed by atoms with Crippen molar-refractivity contribution in [3.8, 4) is 10.7 Å². The molecule has 0 saturated carbocycles. The van der Waals surface area contributed by atoms with Crippen LogP contribution in [0.25, 0.3) is 10.7 Å². The summed E-state index contributed by atoms with van der Waals surface area (Å²) in [5, 5.41) is 4.61. The Hall–Kier alpha value is -0.460. The van der Waals surface area contributed by atoms with Crippen LogP contribution in [0, 0.1) is 4.84 Å². The SMILES string of the molecule is S=c1nc(-c2cc(Br)cs2)[nH]o1. The summed E-state index contributed by atoms with van der Waals surface area (Å²) in [6, 6.07) is 1.95. The summed E-state index contributed by atoms with van der Waals surface area (Å²) >= 11 is 9.64. The van der Waals surface area contributed by atoms with Crippen LogP contribution in [-0.4, -0.2) is 10.1 Å². The third-order valence-corrected chi connectivity index (χ3v) is 3.11. The Labute approximate surface area is 85.5 Å². The van der Waals surface area contributed by atoms with Gasteiger partial charge in [-0.25, -0.2) is 0 Å². The third kappa shape index (κ3) is 1.50. The van der Waals surface area contributed by atoms with Gasteiger partial charge in [0.05, 0.1) is 4.88 Å². The molecule has 0 radical (unpaired) electrons. The van der Waals surface area contributed by atoms with E-state index in [-0.39, 0.29) is 4.84 Å². The molecule has 0 amide bonds. The number of aromatic amines is 1. The van der Waals surface area contributed by atoms with E-state index in [1.165, 1.54) is 0 Å². The average molecular weight is 263 g/mol. The summed E-state index contributed by atoms with van der Waals surface area (Å²) in [7, 11) is 0. The molecule has 62 valence electrons. The maximum atomic E-state index is 4.80. The third-order valence-electron chi connectivity index (χ3n) is 1.24. The molecule has 0 bridgehead atoms. The normalized spacial score (nSPS) is 10.4. The van der Waals surface area contributed by atoms with E-state index in [1.807, 2.05) is 11.4 Å². The molecule has 0 spiro atoms. The molecule has 0 aliphatic heterocycles. The van der Waals surface area contributed by atoms with E-state index in [9.17, 15) is 0 Å². The summed E-state index contributed by atoms with van der Waals surface area (Å²) in [5.74, 6) is 0.677. The van der Waals surface area contributed by atoms with Gasteiger partial charge in [-0.05, 0) is 34.2 Å². The molecule has 0 fully saturated rings.